The van der Waals surface area contributed by atoms with E-state index in [2.05, 4.69) is 41.5 Å². The van der Waals surface area contributed by atoms with E-state index in [0.717, 1.165) is 57.7 Å². The van der Waals surface area contributed by atoms with Gasteiger partial charge >= 0.3 is 0 Å². The van der Waals surface area contributed by atoms with Crippen molar-refractivity contribution in [2.45, 2.75) is 216 Å². The zero-order chi connectivity index (χ0) is 46.3. The number of aliphatic hydroxyl groups excluding tert-OH is 9. The molecule has 5 aliphatic carbocycles. The van der Waals surface area contributed by atoms with Crippen molar-refractivity contribution in [3.63, 3.8) is 0 Å². The van der Waals surface area contributed by atoms with E-state index in [0.29, 0.717) is 25.4 Å². The summed E-state index contributed by atoms with van der Waals surface area (Å²) in [6.45, 7) is 14.9. The zero-order valence-corrected chi connectivity index (χ0v) is 38.5. The fourth-order valence-electron chi connectivity index (χ4n) is 16.1. The van der Waals surface area contributed by atoms with E-state index in [4.69, 9.17) is 33.2 Å². The Bertz CT molecular complexity index is 1740. The van der Waals surface area contributed by atoms with Crippen LogP contribution in [0.25, 0.3) is 0 Å². The smallest absolute Gasteiger partial charge is 0.187 e. The first-order chi connectivity index (χ1) is 30.0. The van der Waals surface area contributed by atoms with Gasteiger partial charge in [-0.05, 0) is 105 Å². The van der Waals surface area contributed by atoms with Gasteiger partial charge in [-0.2, -0.15) is 0 Å². The Kier molecular flexibility index (Phi) is 12.2. The molecule has 17 heteroatoms. The van der Waals surface area contributed by atoms with Crippen LogP contribution in [0.1, 0.15) is 113 Å². The molecule has 25 atom stereocenters. The molecule has 9 rings (SSSR count). The molecule has 9 N–H and O–H groups in total. The van der Waals surface area contributed by atoms with E-state index in [1.807, 2.05) is 0 Å². The molecule has 17 nitrogen and oxygen atoms in total. The lowest BCUT2D eigenvalue weighted by atomic mass is 9.30. The van der Waals surface area contributed by atoms with E-state index in [1.165, 1.54) is 6.92 Å². The van der Waals surface area contributed by atoms with Crippen LogP contribution < -0.4 is 0 Å². The summed E-state index contributed by atoms with van der Waals surface area (Å²) in [5, 5.41) is 98.1. The van der Waals surface area contributed by atoms with Gasteiger partial charge in [0, 0.05) is 16.2 Å². The Hall–Kier alpha value is -0.970. The van der Waals surface area contributed by atoms with Crippen LogP contribution in [-0.4, -0.2) is 176 Å². The Morgan fingerprint density at radius 3 is 2.06 bits per heavy atom. The monoisotopic (exact) mass is 913 g/mol. The van der Waals surface area contributed by atoms with Crippen LogP contribution >= 0.6 is 0 Å². The molecule has 9 aliphatic rings. The summed E-state index contributed by atoms with van der Waals surface area (Å²) in [5.41, 5.74) is -1.96. The first-order valence-corrected chi connectivity index (χ1v) is 24.0. The van der Waals surface area contributed by atoms with E-state index in [1.54, 1.807) is 0 Å². The van der Waals surface area contributed by atoms with Gasteiger partial charge in [0.1, 0.15) is 67.3 Å². The summed E-state index contributed by atoms with van der Waals surface area (Å²) in [6, 6.07) is 0. The van der Waals surface area contributed by atoms with Crippen LogP contribution in [0.4, 0.5) is 0 Å². The van der Waals surface area contributed by atoms with Gasteiger partial charge in [0.05, 0.1) is 43.7 Å². The quantitative estimate of drug-likeness (QED) is 0.120. The molecule has 4 heterocycles. The Balaban J connectivity index is 0.882. The van der Waals surface area contributed by atoms with Crippen LogP contribution in [0.5, 0.6) is 0 Å². The second kappa shape index (κ2) is 16.3. The molecule has 0 aromatic carbocycles. The highest BCUT2D eigenvalue weighted by molar-refractivity contribution is 5.59. The molecule has 2 bridgehead atoms. The number of aliphatic hydroxyl groups is 9. The van der Waals surface area contributed by atoms with Crippen LogP contribution in [0.3, 0.4) is 0 Å². The first kappa shape index (κ1) is 48.1. The average Bonchev–Trinajstić information content (AvgIpc) is 3.53. The topological polar surface area (TPSA) is 264 Å². The number of carbonyl (C=O) groups excluding carboxylic acids is 1. The molecular formula is C47H76O17. The highest BCUT2D eigenvalue weighted by Crippen LogP contribution is 2.80. The molecule has 5 saturated carbocycles. The lowest BCUT2D eigenvalue weighted by Crippen LogP contribution is -2.74. The fourth-order valence-corrected chi connectivity index (χ4v) is 16.1. The third kappa shape index (κ3) is 6.71. The predicted octanol–water partition coefficient (Wildman–Crippen LogP) is 0.671. The van der Waals surface area contributed by atoms with Gasteiger partial charge in [0.25, 0.3) is 0 Å². The van der Waals surface area contributed by atoms with Crippen LogP contribution in [0.2, 0.25) is 0 Å². The fraction of sp³-hybridized carbons (Fsp3) is 0.979. The van der Waals surface area contributed by atoms with Crippen LogP contribution in [-0.2, 0) is 38.0 Å². The van der Waals surface area contributed by atoms with Crippen LogP contribution in [0, 0.1) is 50.2 Å². The summed E-state index contributed by atoms with van der Waals surface area (Å²) in [7, 11) is 0. The Morgan fingerprint density at radius 1 is 0.656 bits per heavy atom. The maximum absolute atomic E-state index is 12.5. The molecule has 0 unspecified atom stereocenters. The van der Waals surface area contributed by atoms with Crippen molar-refractivity contribution in [3.8, 4) is 0 Å². The minimum atomic E-state index is -1.76. The molecule has 64 heavy (non-hydrogen) atoms. The number of ether oxygens (including phenoxy) is 7. The normalized spacial score (nSPS) is 59.2. The lowest BCUT2D eigenvalue weighted by molar-refractivity contribution is -0.382. The van der Waals surface area contributed by atoms with Gasteiger partial charge in [-0.3, -0.25) is 0 Å². The maximum atomic E-state index is 12.5. The molecular weight excluding hydrogens is 837 g/mol. The number of hydrogen-bond donors (Lipinski definition) is 9. The van der Waals surface area contributed by atoms with Gasteiger partial charge < -0.3 is 83.9 Å². The van der Waals surface area contributed by atoms with Gasteiger partial charge in [-0.1, -0.05) is 41.5 Å². The largest absolute Gasteiger partial charge is 0.394 e. The summed E-state index contributed by atoms with van der Waals surface area (Å²) < 4.78 is 43.1. The number of carbonyl (C=O) groups is 1. The summed E-state index contributed by atoms with van der Waals surface area (Å²) in [5.74, 6) is 0.733. The lowest BCUT2D eigenvalue weighted by Gasteiger charge is -2.75. The number of hydrogen-bond acceptors (Lipinski definition) is 17. The van der Waals surface area contributed by atoms with Crippen molar-refractivity contribution in [1.29, 1.82) is 0 Å². The Labute approximate surface area is 376 Å². The standard InChI is InChI=1S/C47H76O17/c1-22-30(51)33(54)36(57)39(60-22)64-37-34(55)31(52)23(18-48)61-40(37)62-24-19-58-38(35(56)32(24)53)63-29-10-11-43(5)25(41(29,2)3)8-12-44(6)26(43)9-13-47-27-16-42(4,20-49)14-15-46(27,21-59-47)28(50)17-45(44,47)7/h20,22-40,48,50-57H,8-19,21H2,1-7H3/t22-,23-,24-,25+,26-,27-,28-,29+,30-,31-,32-,33+,34+,35+,36+,37-,38-,39+,40+,42+,43+,44-,45+,46-,47+/m1/s1. The van der Waals surface area contributed by atoms with Crippen LogP contribution in [0.15, 0.2) is 0 Å². The molecule has 0 aromatic heterocycles. The second-order valence-electron chi connectivity index (χ2n) is 23.4. The first-order valence-electron chi connectivity index (χ1n) is 24.0. The van der Waals surface area contributed by atoms with Gasteiger partial charge in [0.15, 0.2) is 18.9 Å². The highest BCUT2D eigenvalue weighted by Gasteiger charge is 2.80. The average molecular weight is 913 g/mol. The third-order valence-corrected chi connectivity index (χ3v) is 20.2. The van der Waals surface area contributed by atoms with Gasteiger partial charge in [-0.15, -0.1) is 0 Å². The van der Waals surface area contributed by atoms with E-state index in [9.17, 15) is 50.8 Å². The van der Waals surface area contributed by atoms with Gasteiger partial charge in [-0.25, -0.2) is 0 Å². The van der Waals surface area contributed by atoms with Crippen molar-refractivity contribution >= 4 is 6.29 Å². The number of aldehydes is 1. The number of rotatable bonds is 8. The van der Waals surface area contributed by atoms with Crippen molar-refractivity contribution in [3.05, 3.63) is 0 Å². The summed E-state index contributed by atoms with van der Waals surface area (Å²) >= 11 is 0. The SMILES string of the molecule is C[C@H]1O[C@@H](O[C@H]2[C@H](O[C@@H]3CO[C@H](O[C@H]4CC[C@]5(C)[C@H]6CC[C@]78OC[C@@]9(CC[C@](C)(C=O)C[C@H]97)[C@H](O)C[C@@]8(C)[C@]6(C)CC[C@H]5C4(C)C)[C@@H](O)[C@@H]3O)O[C@H](CO)[C@@H](O)[C@@H]2O)[C@@H](O)[C@@H](O)[C@@H]1O. The van der Waals surface area contributed by atoms with E-state index >= 15 is 0 Å². The Morgan fingerprint density at radius 2 is 1.36 bits per heavy atom. The predicted molar refractivity (Wildman–Crippen MR) is 223 cm³/mol. The van der Waals surface area contributed by atoms with Crippen molar-refractivity contribution in [2.24, 2.45) is 50.2 Å². The zero-order valence-electron chi connectivity index (χ0n) is 38.5. The molecule has 9 fully saturated rings. The summed E-state index contributed by atoms with van der Waals surface area (Å²) in [6.07, 6.45) is -12.2. The minimum absolute atomic E-state index is 0.0642. The molecule has 4 saturated heterocycles. The minimum Gasteiger partial charge on any atom is -0.394 e. The van der Waals surface area contributed by atoms with E-state index in [-0.39, 0.29) is 51.6 Å². The molecule has 4 aliphatic heterocycles. The number of fused-ring (bicyclic) bond motifs is 4. The molecule has 366 valence electrons. The molecule has 0 amide bonds. The molecule has 1 spiro atoms. The molecule has 0 aromatic rings. The second-order valence-corrected chi connectivity index (χ2v) is 23.4. The third-order valence-electron chi connectivity index (χ3n) is 20.2. The van der Waals surface area contributed by atoms with Crippen molar-refractivity contribution in [2.75, 3.05) is 19.8 Å². The van der Waals surface area contributed by atoms with Gasteiger partial charge in [0.2, 0.25) is 0 Å². The van der Waals surface area contributed by atoms with Crippen molar-refractivity contribution in [1.82, 2.24) is 0 Å². The molecule has 0 radical (unpaired) electrons. The summed E-state index contributed by atoms with van der Waals surface area (Å²) in [4.78, 5) is 12.5. The van der Waals surface area contributed by atoms with E-state index < -0.39 is 110 Å². The maximum Gasteiger partial charge on any atom is 0.187 e. The van der Waals surface area contributed by atoms with Crippen molar-refractivity contribution < 1.29 is 83.9 Å². The highest BCUT2D eigenvalue weighted by atomic mass is 16.8.